The summed E-state index contributed by atoms with van der Waals surface area (Å²) in [5, 5.41) is 8.60. The van der Waals surface area contributed by atoms with E-state index in [4.69, 9.17) is 16.2 Å². The molecule has 0 aliphatic carbocycles. The van der Waals surface area contributed by atoms with E-state index in [1.54, 1.807) is 48.5 Å². The molecule has 0 bridgehead atoms. The fourth-order valence-corrected chi connectivity index (χ4v) is 5.17. The van der Waals surface area contributed by atoms with Gasteiger partial charge < -0.3 is 32.2 Å². The number of anilines is 2. The number of benzene rings is 4. The molecule has 0 unspecified atom stereocenters. The van der Waals surface area contributed by atoms with Crippen molar-refractivity contribution in [1.82, 2.24) is 20.2 Å². The van der Waals surface area contributed by atoms with Crippen molar-refractivity contribution < 1.29 is 23.5 Å². The molecular weight excluding hydrogens is 679 g/mol. The lowest BCUT2D eigenvalue weighted by Crippen LogP contribution is -2.35. The Balaban J connectivity index is 1.27. The summed E-state index contributed by atoms with van der Waals surface area (Å²) < 4.78 is 19.7. The van der Waals surface area contributed by atoms with E-state index in [0.717, 1.165) is 11.1 Å². The first-order valence-electron chi connectivity index (χ1n) is 16.7. The van der Waals surface area contributed by atoms with Crippen LogP contribution < -0.4 is 33.0 Å². The Kier molecular flexibility index (Phi) is 12.3. The van der Waals surface area contributed by atoms with Crippen LogP contribution in [-0.4, -0.2) is 39.3 Å². The monoisotopic (exact) mass is 718 g/mol. The van der Waals surface area contributed by atoms with Crippen molar-refractivity contribution in [3.63, 3.8) is 0 Å². The van der Waals surface area contributed by atoms with Gasteiger partial charge in [0, 0.05) is 41.5 Å². The van der Waals surface area contributed by atoms with Crippen molar-refractivity contribution >= 4 is 35.2 Å². The van der Waals surface area contributed by atoms with Gasteiger partial charge in [-0.15, -0.1) is 0 Å². The third kappa shape index (κ3) is 10.6. The zero-order valence-corrected chi connectivity index (χ0v) is 29.1. The summed E-state index contributed by atoms with van der Waals surface area (Å²) in [6.07, 6.45) is 0.621. The van der Waals surface area contributed by atoms with Gasteiger partial charge in [0.15, 0.2) is 5.82 Å². The van der Waals surface area contributed by atoms with Gasteiger partial charge in [-0.25, -0.2) is 14.2 Å². The van der Waals surface area contributed by atoms with Gasteiger partial charge in [-0.1, -0.05) is 66.7 Å². The molecule has 1 heterocycles. The average Bonchev–Trinajstić information content (AvgIpc) is 3.14. The SMILES string of the molecule is CC(C)Nc1ncc(-c2cc(N)cc(C(=O)NCc3ccc(F)cc3)c2)n(CC(=O)NCc2ccc(/C(N)=N/C(=O)OCc3ccccc3)cc2)c1=O. The maximum Gasteiger partial charge on any atom is 0.435 e. The van der Waals surface area contributed by atoms with Gasteiger partial charge >= 0.3 is 6.09 Å². The van der Waals surface area contributed by atoms with Crippen molar-refractivity contribution in [2.45, 2.75) is 46.1 Å². The standard InChI is InChI=1S/C39H39FN8O5/c1-24(2)46-36-38(51)48(33(21-44-36)29-16-30(18-32(41)17-29)37(50)45-20-26-10-14-31(40)15-11-26)22-34(49)43-19-25-8-12-28(13-9-25)35(42)47-39(52)53-23-27-6-4-3-5-7-27/h3-18,21,24H,19-20,22-23,41H2,1-2H3,(H,43,49)(H,44,46)(H,45,50)(H2,42,47,52). The number of nitrogens with one attached hydrogen (secondary N) is 3. The lowest BCUT2D eigenvalue weighted by Gasteiger charge is -2.17. The summed E-state index contributed by atoms with van der Waals surface area (Å²) in [6.45, 7) is 3.67. The second-order valence-corrected chi connectivity index (χ2v) is 12.3. The molecule has 0 aliphatic rings. The van der Waals surface area contributed by atoms with Crippen molar-refractivity contribution in [1.29, 1.82) is 0 Å². The number of carbonyl (C=O) groups excluding carboxylic acids is 3. The van der Waals surface area contributed by atoms with Crippen LogP contribution in [0.2, 0.25) is 0 Å². The van der Waals surface area contributed by atoms with E-state index in [1.807, 2.05) is 44.2 Å². The first-order valence-corrected chi connectivity index (χ1v) is 16.7. The van der Waals surface area contributed by atoms with E-state index in [9.17, 15) is 23.6 Å². The van der Waals surface area contributed by atoms with E-state index in [0.29, 0.717) is 16.7 Å². The number of nitrogens with zero attached hydrogens (tertiary/aromatic N) is 3. The summed E-state index contributed by atoms with van der Waals surface area (Å²) in [6, 6.07) is 26.2. The van der Waals surface area contributed by atoms with Crippen LogP contribution in [-0.2, 0) is 35.8 Å². The lowest BCUT2D eigenvalue weighted by atomic mass is 10.1. The lowest BCUT2D eigenvalue weighted by molar-refractivity contribution is -0.121. The first kappa shape index (κ1) is 37.4. The largest absolute Gasteiger partial charge is 0.443 e. The summed E-state index contributed by atoms with van der Waals surface area (Å²) in [7, 11) is 0. The van der Waals surface area contributed by atoms with Crippen LogP contribution in [0.1, 0.15) is 46.5 Å². The quantitative estimate of drug-likeness (QED) is 0.0649. The Bertz CT molecular complexity index is 2170. The van der Waals surface area contributed by atoms with Gasteiger partial charge in [0.1, 0.15) is 24.8 Å². The number of aromatic nitrogens is 2. The highest BCUT2D eigenvalue weighted by Gasteiger charge is 2.18. The number of rotatable bonds is 13. The van der Waals surface area contributed by atoms with E-state index >= 15 is 0 Å². The number of carbonyl (C=O) groups is 3. The third-order valence-corrected chi connectivity index (χ3v) is 7.82. The van der Waals surface area contributed by atoms with Gasteiger partial charge in [-0.3, -0.25) is 19.0 Å². The van der Waals surface area contributed by atoms with Gasteiger partial charge in [-0.2, -0.15) is 4.99 Å². The molecule has 0 atom stereocenters. The normalized spacial score (nSPS) is 11.2. The topological polar surface area (TPSA) is 196 Å². The molecule has 0 saturated heterocycles. The van der Waals surface area contributed by atoms with Crippen LogP contribution in [0, 0.1) is 5.82 Å². The molecule has 7 N–H and O–H groups in total. The number of hydrogen-bond donors (Lipinski definition) is 5. The maximum atomic E-state index is 13.7. The van der Waals surface area contributed by atoms with Crippen molar-refractivity contribution in [2.24, 2.45) is 10.7 Å². The van der Waals surface area contributed by atoms with Gasteiger partial charge in [0.25, 0.3) is 11.5 Å². The number of halogens is 1. The summed E-state index contributed by atoms with van der Waals surface area (Å²) in [5.74, 6) is -1.27. The van der Waals surface area contributed by atoms with E-state index < -0.39 is 23.5 Å². The minimum atomic E-state index is -0.820. The highest BCUT2D eigenvalue weighted by atomic mass is 19.1. The number of hydrogen-bond acceptors (Lipinski definition) is 8. The zero-order valence-electron chi connectivity index (χ0n) is 29.1. The Morgan fingerprint density at radius 2 is 1.53 bits per heavy atom. The minimum Gasteiger partial charge on any atom is -0.443 e. The molecule has 1 aromatic heterocycles. The zero-order chi connectivity index (χ0) is 37.9. The van der Waals surface area contributed by atoms with Crippen LogP contribution >= 0.6 is 0 Å². The van der Waals surface area contributed by atoms with Gasteiger partial charge in [0.2, 0.25) is 5.91 Å². The minimum absolute atomic E-state index is 0.0240. The molecule has 14 heteroatoms. The molecule has 0 spiro atoms. The Hall–Kier alpha value is -6.83. The predicted octanol–water partition coefficient (Wildman–Crippen LogP) is 4.74. The Labute approximate surface area is 304 Å². The molecule has 53 heavy (non-hydrogen) atoms. The number of aliphatic imine (C=N–C) groups is 1. The summed E-state index contributed by atoms with van der Waals surface area (Å²) >= 11 is 0. The second kappa shape index (κ2) is 17.4. The van der Waals surface area contributed by atoms with E-state index in [2.05, 4.69) is 25.9 Å². The molecule has 3 amide bonds. The smallest absolute Gasteiger partial charge is 0.435 e. The first-order chi connectivity index (χ1) is 25.4. The van der Waals surface area contributed by atoms with Crippen LogP contribution in [0.4, 0.5) is 20.7 Å². The highest BCUT2D eigenvalue weighted by molar-refractivity contribution is 6.02. The molecule has 0 aliphatic heterocycles. The summed E-state index contributed by atoms with van der Waals surface area (Å²) in [4.78, 5) is 60.3. The fraction of sp³-hybridized carbons (Fsp3) is 0.179. The number of nitrogen functional groups attached to an aromatic ring is 1. The molecule has 272 valence electrons. The number of amides is 3. The highest BCUT2D eigenvalue weighted by Crippen LogP contribution is 2.24. The van der Waals surface area contributed by atoms with Crippen molar-refractivity contribution in [2.75, 3.05) is 11.1 Å². The number of ether oxygens (including phenoxy) is 1. The third-order valence-electron chi connectivity index (χ3n) is 7.82. The van der Waals surface area contributed by atoms with Crippen molar-refractivity contribution in [3.8, 4) is 11.3 Å². The van der Waals surface area contributed by atoms with Crippen LogP contribution in [0.15, 0.2) is 113 Å². The number of amidine groups is 1. The Morgan fingerprint density at radius 1 is 0.868 bits per heavy atom. The van der Waals surface area contributed by atoms with Gasteiger partial charge in [-0.05, 0) is 60.9 Å². The van der Waals surface area contributed by atoms with E-state index in [-0.39, 0.29) is 66.7 Å². The van der Waals surface area contributed by atoms with Crippen LogP contribution in [0.25, 0.3) is 11.3 Å². The molecule has 13 nitrogen and oxygen atoms in total. The fourth-order valence-electron chi connectivity index (χ4n) is 5.17. The molecule has 5 aromatic rings. The predicted molar refractivity (Wildman–Crippen MR) is 200 cm³/mol. The Morgan fingerprint density at radius 3 is 2.21 bits per heavy atom. The van der Waals surface area contributed by atoms with E-state index in [1.165, 1.54) is 29.0 Å². The maximum absolute atomic E-state index is 13.7. The summed E-state index contributed by atoms with van der Waals surface area (Å²) in [5.41, 5.74) is 15.5. The molecule has 5 rings (SSSR count). The van der Waals surface area contributed by atoms with Gasteiger partial charge in [0.05, 0.1) is 11.9 Å². The second-order valence-electron chi connectivity index (χ2n) is 12.3. The molecule has 0 saturated carbocycles. The number of nitrogens with two attached hydrogens (primary N) is 2. The van der Waals surface area contributed by atoms with Crippen LogP contribution in [0.3, 0.4) is 0 Å². The molecular formula is C39H39FN8O5. The average molecular weight is 719 g/mol. The molecule has 0 radical (unpaired) electrons. The van der Waals surface area contributed by atoms with Crippen LogP contribution in [0.5, 0.6) is 0 Å². The van der Waals surface area contributed by atoms with Crippen molar-refractivity contribution in [3.05, 3.63) is 147 Å². The molecule has 4 aromatic carbocycles. The molecule has 0 fully saturated rings.